The lowest BCUT2D eigenvalue weighted by atomic mass is 9.93. The Morgan fingerprint density at radius 3 is 2.53 bits per heavy atom. The van der Waals surface area contributed by atoms with Gasteiger partial charge in [-0.15, -0.1) is 0 Å². The normalized spacial score (nSPS) is 15.3. The van der Waals surface area contributed by atoms with Gasteiger partial charge in [0.25, 0.3) is 0 Å². The number of aliphatic hydroxyl groups excluding tert-OH is 1. The summed E-state index contributed by atoms with van der Waals surface area (Å²) < 4.78 is 13.2. The van der Waals surface area contributed by atoms with Gasteiger partial charge in [-0.2, -0.15) is 0 Å². The Morgan fingerprint density at radius 1 is 1.16 bits per heavy atom. The van der Waals surface area contributed by atoms with Gasteiger partial charge in [-0.05, 0) is 66.9 Å². The summed E-state index contributed by atoms with van der Waals surface area (Å²) in [5, 5.41) is 11.5. The van der Waals surface area contributed by atoms with Gasteiger partial charge < -0.3 is 24.5 Å². The first kappa shape index (κ1) is 27.9. The molecule has 1 aromatic heterocycles. The van der Waals surface area contributed by atoms with Crippen molar-refractivity contribution < 1.29 is 19.4 Å². The number of aromatic nitrogens is 1. The van der Waals surface area contributed by atoms with E-state index in [2.05, 4.69) is 29.4 Å². The Hall–Kier alpha value is -3.17. The van der Waals surface area contributed by atoms with E-state index in [-0.39, 0.29) is 12.6 Å². The molecule has 0 saturated heterocycles. The monoisotopic (exact) mass is 553 g/mol. The first-order chi connectivity index (χ1) is 18.4. The van der Waals surface area contributed by atoms with E-state index >= 15 is 0 Å². The smallest absolute Gasteiger partial charge is 0.210 e. The maximum Gasteiger partial charge on any atom is 0.210 e. The zero-order valence-electron chi connectivity index (χ0n) is 21.4. The predicted octanol–water partition coefficient (Wildman–Crippen LogP) is 5.10. The summed E-state index contributed by atoms with van der Waals surface area (Å²) >= 11 is 10.1. The molecule has 1 aliphatic rings. The molecule has 0 fully saturated rings. The van der Waals surface area contributed by atoms with E-state index in [0.717, 1.165) is 40.7 Å². The summed E-state index contributed by atoms with van der Waals surface area (Å²) in [6.45, 7) is 3.20. The third-order valence-electron chi connectivity index (χ3n) is 6.48. The fourth-order valence-corrected chi connectivity index (χ4v) is 4.91. The molecule has 2 unspecified atom stereocenters. The lowest BCUT2D eigenvalue weighted by Crippen LogP contribution is -2.35. The molecule has 0 bridgehead atoms. The molecular formula is C29H32ClN3O4S. The molecule has 5 rings (SSSR count). The van der Waals surface area contributed by atoms with Crippen LogP contribution in [0.2, 0.25) is 5.02 Å². The summed E-state index contributed by atoms with van der Waals surface area (Å²) in [4.78, 5) is 17.0. The third-order valence-corrected chi connectivity index (χ3v) is 6.90. The summed E-state index contributed by atoms with van der Waals surface area (Å²) in [5.41, 5.74) is 5.48. The van der Waals surface area contributed by atoms with Gasteiger partial charge in [0.2, 0.25) is 6.41 Å². The van der Waals surface area contributed by atoms with Gasteiger partial charge >= 0.3 is 0 Å². The number of aliphatic hydroxyl groups is 1. The minimum absolute atomic E-state index is 0.170. The van der Waals surface area contributed by atoms with Crippen LogP contribution in [0, 0.1) is 6.92 Å². The standard InChI is InChI=1S/C21H22ClN3O3S.C8H10O/c22-14-3-6-19-18(9-14)17-7-8-25(12-26)21(20(17)24-19)13-1-4-16(5-2-13)28-11-15(27)10-23-29;1-7-3-5-8(9-2)6-4-7/h1-6,9,12,15,21,23-24,27,29H,7-8,10-11H2;3-6H,1-2H3. The van der Waals surface area contributed by atoms with Crippen molar-refractivity contribution in [1.82, 2.24) is 14.6 Å². The number of nitrogens with one attached hydrogen (secondary N) is 2. The number of aromatic amines is 1. The van der Waals surface area contributed by atoms with Crippen LogP contribution in [-0.2, 0) is 11.2 Å². The summed E-state index contributed by atoms with van der Waals surface area (Å²) in [6.07, 6.45) is 1.04. The Balaban J connectivity index is 0.000000317. The van der Waals surface area contributed by atoms with E-state index in [1.54, 1.807) is 12.0 Å². The number of rotatable bonds is 8. The number of benzene rings is 3. The number of H-pyrrole nitrogens is 1. The van der Waals surface area contributed by atoms with Gasteiger partial charge in [-0.3, -0.25) is 9.52 Å². The van der Waals surface area contributed by atoms with Crippen LogP contribution in [0.25, 0.3) is 10.9 Å². The Morgan fingerprint density at radius 2 is 1.87 bits per heavy atom. The number of halogens is 1. The zero-order chi connectivity index (χ0) is 27.1. The Bertz CT molecular complexity index is 1340. The molecule has 7 nitrogen and oxygen atoms in total. The largest absolute Gasteiger partial charge is 0.497 e. The second-order valence-electron chi connectivity index (χ2n) is 9.12. The third kappa shape index (κ3) is 6.63. The second-order valence-corrected chi connectivity index (χ2v) is 9.87. The van der Waals surface area contributed by atoms with Crippen molar-refractivity contribution in [2.24, 2.45) is 0 Å². The highest BCUT2D eigenvalue weighted by Gasteiger charge is 2.31. The SMILES string of the molecule is COc1ccc(C)cc1.O=CN1CCc2c([nH]c3ccc(Cl)cc23)C1c1ccc(OCC(O)CNS)cc1. The van der Waals surface area contributed by atoms with Crippen LogP contribution in [0.1, 0.15) is 28.4 Å². The van der Waals surface area contributed by atoms with Crippen LogP contribution < -0.4 is 14.2 Å². The lowest BCUT2D eigenvalue weighted by molar-refractivity contribution is -0.120. The number of fused-ring (bicyclic) bond motifs is 3. The lowest BCUT2D eigenvalue weighted by Gasteiger charge is -2.33. The molecule has 1 amide bonds. The van der Waals surface area contributed by atoms with Crippen molar-refractivity contribution in [2.75, 3.05) is 26.8 Å². The Labute approximate surface area is 233 Å². The number of nitrogens with zero attached hydrogens (tertiary/aromatic N) is 1. The van der Waals surface area contributed by atoms with E-state index in [4.69, 9.17) is 21.1 Å². The van der Waals surface area contributed by atoms with Gasteiger partial charge in [-0.25, -0.2) is 0 Å². The maximum absolute atomic E-state index is 11.8. The molecule has 38 heavy (non-hydrogen) atoms. The summed E-state index contributed by atoms with van der Waals surface area (Å²) in [7, 11) is 1.67. The van der Waals surface area contributed by atoms with Crippen LogP contribution in [0.5, 0.6) is 11.5 Å². The highest BCUT2D eigenvalue weighted by molar-refractivity contribution is 7.78. The first-order valence-electron chi connectivity index (χ1n) is 12.3. The molecule has 2 atom stereocenters. The predicted molar refractivity (Wildman–Crippen MR) is 154 cm³/mol. The van der Waals surface area contributed by atoms with Crippen molar-refractivity contribution in [3.05, 3.63) is 94.1 Å². The van der Waals surface area contributed by atoms with Gasteiger partial charge in [0, 0.05) is 34.7 Å². The summed E-state index contributed by atoms with van der Waals surface area (Å²) in [5.74, 6) is 1.57. The highest BCUT2D eigenvalue weighted by atomic mass is 35.5. The number of methoxy groups -OCH3 is 1. The molecule has 9 heteroatoms. The van der Waals surface area contributed by atoms with Crippen molar-refractivity contribution in [1.29, 1.82) is 0 Å². The van der Waals surface area contributed by atoms with Crippen molar-refractivity contribution in [2.45, 2.75) is 25.5 Å². The fourth-order valence-electron chi connectivity index (χ4n) is 4.53. The van der Waals surface area contributed by atoms with Gasteiger partial charge in [0.15, 0.2) is 0 Å². The van der Waals surface area contributed by atoms with E-state index in [0.29, 0.717) is 23.9 Å². The summed E-state index contributed by atoms with van der Waals surface area (Å²) in [6, 6.07) is 21.2. The number of amides is 1. The van der Waals surface area contributed by atoms with Crippen molar-refractivity contribution >= 4 is 41.7 Å². The number of ether oxygens (including phenoxy) is 2. The molecule has 0 aliphatic carbocycles. The van der Waals surface area contributed by atoms with E-state index < -0.39 is 6.10 Å². The number of carbonyl (C=O) groups excluding carboxylic acids is 1. The first-order valence-corrected chi connectivity index (χ1v) is 13.2. The van der Waals surface area contributed by atoms with Crippen molar-refractivity contribution in [3.63, 3.8) is 0 Å². The quantitative estimate of drug-likeness (QED) is 0.180. The number of hydrogen-bond donors (Lipinski definition) is 4. The van der Waals surface area contributed by atoms with Crippen LogP contribution in [0.15, 0.2) is 66.7 Å². The van der Waals surface area contributed by atoms with Crippen LogP contribution >= 0.6 is 24.4 Å². The maximum atomic E-state index is 11.8. The molecule has 3 aromatic carbocycles. The molecule has 2 heterocycles. The zero-order valence-corrected chi connectivity index (χ0v) is 23.0. The molecule has 200 valence electrons. The minimum atomic E-state index is -0.642. The van der Waals surface area contributed by atoms with E-state index in [1.807, 2.05) is 66.7 Å². The average Bonchev–Trinajstić information content (AvgIpc) is 3.30. The van der Waals surface area contributed by atoms with Crippen LogP contribution in [-0.4, -0.2) is 54.3 Å². The number of hydrogen-bond acceptors (Lipinski definition) is 6. The van der Waals surface area contributed by atoms with Crippen LogP contribution in [0.4, 0.5) is 0 Å². The van der Waals surface area contributed by atoms with Gasteiger partial charge in [-0.1, -0.05) is 54.2 Å². The second kappa shape index (κ2) is 13.1. The minimum Gasteiger partial charge on any atom is -0.497 e. The van der Waals surface area contributed by atoms with E-state index in [1.165, 1.54) is 11.1 Å². The molecule has 0 radical (unpaired) electrons. The highest BCUT2D eigenvalue weighted by Crippen LogP contribution is 2.38. The molecule has 3 N–H and O–H groups in total. The van der Waals surface area contributed by atoms with Crippen LogP contribution in [0.3, 0.4) is 0 Å². The molecule has 0 saturated carbocycles. The molecular weight excluding hydrogens is 522 g/mol. The number of thiol groups is 1. The van der Waals surface area contributed by atoms with E-state index in [9.17, 15) is 9.90 Å². The topological polar surface area (TPSA) is 86.8 Å². The number of carbonyl (C=O) groups is 1. The molecule has 4 aromatic rings. The number of aryl methyl sites for hydroxylation is 1. The average molecular weight is 554 g/mol. The fraction of sp³-hybridized carbons (Fsp3) is 0.276. The van der Waals surface area contributed by atoms with Crippen molar-refractivity contribution in [3.8, 4) is 11.5 Å². The molecule has 0 spiro atoms. The van der Waals surface area contributed by atoms with Gasteiger partial charge in [0.05, 0.1) is 13.2 Å². The molecule has 1 aliphatic heterocycles. The Kier molecular flexibility index (Phi) is 9.58. The van der Waals surface area contributed by atoms with Gasteiger partial charge in [0.1, 0.15) is 24.2 Å².